The van der Waals surface area contributed by atoms with Gasteiger partial charge in [-0.3, -0.25) is 14.9 Å². The highest BCUT2D eigenvalue weighted by atomic mass is 16.5. The van der Waals surface area contributed by atoms with Gasteiger partial charge in [0.2, 0.25) is 0 Å². The average molecular weight is 324 g/mol. The lowest BCUT2D eigenvalue weighted by Crippen LogP contribution is -2.12. The van der Waals surface area contributed by atoms with Crippen LogP contribution in [0.4, 0.5) is 5.69 Å². The molecule has 1 amide bonds. The SMILES string of the molecule is COc1ccc(NC(=O)c2cc(-c3ccccn3)n[nH]2)cc1OC. The number of aromatic amines is 1. The number of ether oxygens (including phenoxy) is 2. The summed E-state index contributed by atoms with van der Waals surface area (Å²) in [6.07, 6.45) is 1.67. The maximum Gasteiger partial charge on any atom is 0.273 e. The molecule has 7 heteroatoms. The minimum atomic E-state index is -0.308. The molecule has 1 aromatic carbocycles. The van der Waals surface area contributed by atoms with Crippen molar-refractivity contribution in [3.05, 3.63) is 54.4 Å². The zero-order chi connectivity index (χ0) is 16.9. The van der Waals surface area contributed by atoms with Crippen molar-refractivity contribution in [2.75, 3.05) is 19.5 Å². The third kappa shape index (κ3) is 3.19. The minimum Gasteiger partial charge on any atom is -0.493 e. The lowest BCUT2D eigenvalue weighted by molar-refractivity contribution is 0.102. The standard InChI is InChI=1S/C17H16N4O3/c1-23-15-7-6-11(9-16(15)24-2)19-17(22)14-10-13(20-21-14)12-5-3-4-8-18-12/h3-10H,1-2H3,(H,19,22)(H,20,21). The summed E-state index contributed by atoms with van der Waals surface area (Å²) in [4.78, 5) is 16.5. The maximum absolute atomic E-state index is 12.3. The third-order valence-electron chi connectivity index (χ3n) is 3.39. The van der Waals surface area contributed by atoms with Gasteiger partial charge in [0.15, 0.2) is 11.5 Å². The molecule has 3 rings (SSSR count). The number of hydrogen-bond donors (Lipinski definition) is 2. The molecule has 24 heavy (non-hydrogen) atoms. The van der Waals surface area contributed by atoms with E-state index in [4.69, 9.17) is 9.47 Å². The molecule has 7 nitrogen and oxygen atoms in total. The monoisotopic (exact) mass is 324 g/mol. The summed E-state index contributed by atoms with van der Waals surface area (Å²) in [5, 5.41) is 9.62. The molecule has 0 fully saturated rings. The molecule has 2 heterocycles. The number of aromatic nitrogens is 3. The zero-order valence-electron chi connectivity index (χ0n) is 13.2. The fourth-order valence-electron chi connectivity index (χ4n) is 2.20. The van der Waals surface area contributed by atoms with Crippen LogP contribution in [0.1, 0.15) is 10.5 Å². The Kier molecular flexibility index (Phi) is 4.42. The molecular weight excluding hydrogens is 308 g/mol. The van der Waals surface area contributed by atoms with Crippen molar-refractivity contribution in [1.29, 1.82) is 0 Å². The van der Waals surface area contributed by atoms with Crippen molar-refractivity contribution in [3.8, 4) is 22.9 Å². The number of methoxy groups -OCH3 is 2. The van der Waals surface area contributed by atoms with Crippen molar-refractivity contribution in [1.82, 2.24) is 15.2 Å². The summed E-state index contributed by atoms with van der Waals surface area (Å²) in [5.74, 6) is 0.820. The first-order chi connectivity index (χ1) is 11.7. The largest absolute Gasteiger partial charge is 0.493 e. The maximum atomic E-state index is 12.3. The Morgan fingerprint density at radius 3 is 2.58 bits per heavy atom. The van der Waals surface area contributed by atoms with E-state index in [1.807, 2.05) is 18.2 Å². The number of rotatable bonds is 5. The highest BCUT2D eigenvalue weighted by Crippen LogP contribution is 2.29. The number of nitrogens with zero attached hydrogens (tertiary/aromatic N) is 2. The number of nitrogens with one attached hydrogen (secondary N) is 2. The number of amides is 1. The van der Waals surface area contributed by atoms with Crippen LogP contribution >= 0.6 is 0 Å². The van der Waals surface area contributed by atoms with E-state index in [9.17, 15) is 4.79 Å². The van der Waals surface area contributed by atoms with Crippen LogP contribution in [0.3, 0.4) is 0 Å². The van der Waals surface area contributed by atoms with Gasteiger partial charge in [-0.1, -0.05) is 6.07 Å². The number of carbonyl (C=O) groups excluding carboxylic acids is 1. The number of H-pyrrole nitrogens is 1. The smallest absolute Gasteiger partial charge is 0.273 e. The Balaban J connectivity index is 1.77. The van der Waals surface area contributed by atoms with E-state index in [0.29, 0.717) is 34.3 Å². The van der Waals surface area contributed by atoms with Gasteiger partial charge in [-0.2, -0.15) is 5.10 Å². The fraction of sp³-hybridized carbons (Fsp3) is 0.118. The molecule has 0 aliphatic heterocycles. The van der Waals surface area contributed by atoms with Crippen LogP contribution in [-0.2, 0) is 0 Å². The number of hydrogen-bond acceptors (Lipinski definition) is 5. The predicted molar refractivity (Wildman–Crippen MR) is 89.3 cm³/mol. The van der Waals surface area contributed by atoms with Crippen LogP contribution in [0.25, 0.3) is 11.4 Å². The highest BCUT2D eigenvalue weighted by molar-refractivity contribution is 6.03. The van der Waals surface area contributed by atoms with Crippen LogP contribution < -0.4 is 14.8 Å². The Hall–Kier alpha value is -3.35. The van der Waals surface area contributed by atoms with Gasteiger partial charge in [-0.05, 0) is 30.3 Å². The predicted octanol–water partition coefficient (Wildman–Crippen LogP) is 2.74. The molecule has 0 aliphatic carbocycles. The van der Waals surface area contributed by atoms with Crippen molar-refractivity contribution >= 4 is 11.6 Å². The zero-order valence-corrected chi connectivity index (χ0v) is 13.2. The molecule has 0 atom stereocenters. The second-order valence-corrected chi connectivity index (χ2v) is 4.91. The van der Waals surface area contributed by atoms with Gasteiger partial charge >= 0.3 is 0 Å². The molecule has 2 N–H and O–H groups in total. The van der Waals surface area contributed by atoms with Crippen molar-refractivity contribution < 1.29 is 14.3 Å². The Morgan fingerprint density at radius 1 is 1.04 bits per heavy atom. The molecule has 0 spiro atoms. The van der Waals surface area contributed by atoms with Gasteiger partial charge in [-0.15, -0.1) is 0 Å². The molecule has 0 saturated carbocycles. The molecule has 122 valence electrons. The molecule has 0 unspecified atom stereocenters. The summed E-state index contributed by atoms with van der Waals surface area (Å²) >= 11 is 0. The van der Waals surface area contributed by atoms with Gasteiger partial charge in [0.05, 0.1) is 19.9 Å². The second kappa shape index (κ2) is 6.82. The van der Waals surface area contributed by atoms with Gasteiger partial charge in [0.1, 0.15) is 11.4 Å². The topological polar surface area (TPSA) is 89.1 Å². The Labute approximate surface area is 138 Å². The van der Waals surface area contributed by atoms with E-state index >= 15 is 0 Å². The Morgan fingerprint density at radius 2 is 1.88 bits per heavy atom. The third-order valence-corrected chi connectivity index (χ3v) is 3.39. The molecule has 0 saturated heterocycles. The summed E-state index contributed by atoms with van der Waals surface area (Å²) < 4.78 is 10.4. The quantitative estimate of drug-likeness (QED) is 0.753. The molecule has 2 aromatic heterocycles. The first kappa shape index (κ1) is 15.5. The normalized spacial score (nSPS) is 10.2. The van der Waals surface area contributed by atoms with E-state index in [2.05, 4.69) is 20.5 Å². The number of pyridine rings is 1. The van der Waals surface area contributed by atoms with Crippen LogP contribution in [0.15, 0.2) is 48.7 Å². The molecule has 3 aromatic rings. The van der Waals surface area contributed by atoms with E-state index in [-0.39, 0.29) is 5.91 Å². The first-order valence-corrected chi connectivity index (χ1v) is 7.21. The molecule has 0 bridgehead atoms. The summed E-state index contributed by atoms with van der Waals surface area (Å²) in [6.45, 7) is 0. The van der Waals surface area contributed by atoms with Gasteiger partial charge in [-0.25, -0.2) is 0 Å². The van der Waals surface area contributed by atoms with Crippen molar-refractivity contribution in [2.45, 2.75) is 0 Å². The van der Waals surface area contributed by atoms with Crippen molar-refractivity contribution in [2.24, 2.45) is 0 Å². The first-order valence-electron chi connectivity index (χ1n) is 7.21. The van der Waals surface area contributed by atoms with Crippen LogP contribution in [0.2, 0.25) is 0 Å². The lowest BCUT2D eigenvalue weighted by atomic mass is 10.2. The average Bonchev–Trinajstić information content (AvgIpc) is 3.12. The fourth-order valence-corrected chi connectivity index (χ4v) is 2.20. The van der Waals surface area contributed by atoms with Gasteiger partial charge in [0, 0.05) is 18.0 Å². The number of benzene rings is 1. The lowest BCUT2D eigenvalue weighted by Gasteiger charge is -2.10. The molecule has 0 radical (unpaired) electrons. The van der Waals surface area contributed by atoms with E-state index in [1.165, 1.54) is 7.11 Å². The minimum absolute atomic E-state index is 0.308. The van der Waals surface area contributed by atoms with E-state index < -0.39 is 0 Å². The van der Waals surface area contributed by atoms with Crippen LogP contribution in [-0.4, -0.2) is 35.3 Å². The van der Waals surface area contributed by atoms with Gasteiger partial charge in [0.25, 0.3) is 5.91 Å². The number of carbonyl (C=O) groups is 1. The summed E-state index contributed by atoms with van der Waals surface area (Å²) in [7, 11) is 3.09. The highest BCUT2D eigenvalue weighted by Gasteiger charge is 2.13. The van der Waals surface area contributed by atoms with E-state index in [0.717, 1.165) is 0 Å². The van der Waals surface area contributed by atoms with Crippen LogP contribution in [0.5, 0.6) is 11.5 Å². The number of anilines is 1. The van der Waals surface area contributed by atoms with Crippen molar-refractivity contribution in [3.63, 3.8) is 0 Å². The molecular formula is C17H16N4O3. The van der Waals surface area contributed by atoms with Crippen LogP contribution in [0, 0.1) is 0 Å². The summed E-state index contributed by atoms with van der Waals surface area (Å²) in [6, 6.07) is 12.3. The van der Waals surface area contributed by atoms with Gasteiger partial charge < -0.3 is 14.8 Å². The Bertz CT molecular complexity index is 846. The van der Waals surface area contributed by atoms with E-state index in [1.54, 1.807) is 37.6 Å². The second-order valence-electron chi connectivity index (χ2n) is 4.91. The molecule has 0 aliphatic rings. The summed E-state index contributed by atoms with van der Waals surface area (Å²) in [5.41, 5.74) is 2.23.